The van der Waals surface area contributed by atoms with Gasteiger partial charge in [-0.2, -0.15) is 0 Å². The first-order valence-corrected chi connectivity index (χ1v) is 25.9. The van der Waals surface area contributed by atoms with Crippen LogP contribution in [0.3, 0.4) is 0 Å². The Morgan fingerprint density at radius 3 is 1.49 bits per heavy atom. The molecule has 1 aliphatic rings. The number of para-hydroxylation sites is 4. The van der Waals surface area contributed by atoms with Crippen LogP contribution in [0.5, 0.6) is 0 Å². The topological polar surface area (TPSA) is 61.7 Å². The Bertz CT molecular complexity index is 4760. The molecule has 0 spiro atoms. The zero-order valence-corrected chi connectivity index (χ0v) is 41.0. The lowest BCUT2D eigenvalue weighted by Crippen LogP contribution is -2.01. The molecule has 0 N–H and O–H groups in total. The Labute approximate surface area is 437 Å². The van der Waals surface area contributed by atoms with Crippen molar-refractivity contribution in [2.45, 2.75) is 6.42 Å². The van der Waals surface area contributed by atoms with Crippen molar-refractivity contribution in [1.29, 1.82) is 0 Å². The minimum Gasteiger partial charge on any atom is -0.456 e. The Hall–Kier alpha value is -10.2. The lowest BCUT2D eigenvalue weighted by Gasteiger charge is -2.15. The molecular weight excluding hydrogens is 927 g/mol. The Morgan fingerprint density at radius 2 is 0.829 bits per heavy atom. The number of aromatic nitrogens is 5. The van der Waals surface area contributed by atoms with Gasteiger partial charge in [-0.15, -0.1) is 0 Å². The molecule has 0 fully saturated rings. The van der Waals surface area contributed by atoms with Crippen LogP contribution in [0.15, 0.2) is 253 Å². The zero-order chi connectivity index (χ0) is 49.8. The lowest BCUT2D eigenvalue weighted by atomic mass is 9.92. The van der Waals surface area contributed by atoms with Gasteiger partial charge in [-0.3, -0.25) is 0 Å². The largest absolute Gasteiger partial charge is 0.456 e. The second kappa shape index (κ2) is 16.7. The molecule has 4 aromatic heterocycles. The minimum atomic E-state index is 0.593. The number of nitrogens with zero attached hydrogens (tertiary/aromatic N) is 5. The summed E-state index contributed by atoms with van der Waals surface area (Å²) in [5.41, 5.74) is 20.9. The van der Waals surface area contributed by atoms with E-state index in [0.29, 0.717) is 17.5 Å². The van der Waals surface area contributed by atoms with E-state index in [2.05, 4.69) is 221 Å². The summed E-state index contributed by atoms with van der Waals surface area (Å²) in [6.45, 7) is 0. The van der Waals surface area contributed by atoms with Crippen LogP contribution in [-0.4, -0.2) is 24.1 Å². The predicted molar refractivity (Wildman–Crippen MR) is 311 cm³/mol. The van der Waals surface area contributed by atoms with Crippen LogP contribution < -0.4 is 0 Å². The van der Waals surface area contributed by atoms with Crippen LogP contribution >= 0.6 is 0 Å². The molecule has 0 unspecified atom stereocenters. The molecule has 0 atom stereocenters. The van der Waals surface area contributed by atoms with E-state index in [-0.39, 0.29) is 0 Å². The first kappa shape index (κ1) is 42.3. The highest BCUT2D eigenvalue weighted by Gasteiger charge is 2.27. The van der Waals surface area contributed by atoms with Crippen LogP contribution in [0.4, 0.5) is 0 Å². The maximum atomic E-state index is 6.87. The van der Waals surface area contributed by atoms with Crippen molar-refractivity contribution >= 4 is 65.6 Å². The van der Waals surface area contributed by atoms with Gasteiger partial charge in [-0.1, -0.05) is 176 Å². The molecule has 15 aromatic rings. The predicted octanol–water partition coefficient (Wildman–Crippen LogP) is 17.9. The number of hydrogen-bond acceptors (Lipinski definition) is 4. The third kappa shape index (κ3) is 6.50. The SMILES string of the molecule is c1ccc(-c2nc(-c3ccccc3)nc(-c3cc(-c4ccc5c(c4)Cc4ccc6c(c4-5)c4ccccc4n6-c4ccccc4)ccc3-c3ccc4c(c3)oc3ccc5c(c6ccccc6n5-c5ccccc5)c34)n2)cc1. The molecule has 0 amide bonds. The van der Waals surface area contributed by atoms with E-state index in [0.717, 1.165) is 89.7 Å². The average Bonchev–Trinajstić information content (AvgIpc) is 4.25. The van der Waals surface area contributed by atoms with Crippen molar-refractivity contribution in [2.75, 3.05) is 0 Å². The molecule has 16 rings (SSSR count). The number of furan rings is 1. The highest BCUT2D eigenvalue weighted by atomic mass is 16.3. The summed E-state index contributed by atoms with van der Waals surface area (Å²) in [5, 5.41) is 7.12. The number of hydrogen-bond donors (Lipinski definition) is 0. The molecule has 0 saturated carbocycles. The van der Waals surface area contributed by atoms with Gasteiger partial charge >= 0.3 is 0 Å². The van der Waals surface area contributed by atoms with Crippen LogP contribution in [0.1, 0.15) is 11.1 Å². The van der Waals surface area contributed by atoms with Gasteiger partial charge < -0.3 is 13.6 Å². The molecule has 11 aromatic carbocycles. The highest BCUT2D eigenvalue weighted by molar-refractivity contribution is 6.27. The molecule has 6 heteroatoms. The first-order chi connectivity index (χ1) is 37.7. The standard InChI is InChI=1S/C70H43N5O/c1-5-17-43(18-6-1)68-71-69(44-19-7-2-8-20-44)73-70(72-68)57-41-46(45-30-34-53-49(39-45)40-48-32-36-60-65(64(48)53)54-25-13-15-27-58(54)74(60)50-21-9-3-10-22-50)29-33-52(57)47-31-35-56-63(42-47)76-62-38-37-61-66(67(56)62)55-26-14-16-28-59(55)75(61)51-23-11-4-12-24-51/h1-39,41-42H,40H2. The van der Waals surface area contributed by atoms with Crippen molar-refractivity contribution in [3.8, 4) is 78.9 Å². The van der Waals surface area contributed by atoms with Gasteiger partial charge in [0.1, 0.15) is 11.2 Å². The monoisotopic (exact) mass is 969 g/mol. The summed E-state index contributed by atoms with van der Waals surface area (Å²) >= 11 is 0. The molecule has 0 aliphatic heterocycles. The molecule has 76 heavy (non-hydrogen) atoms. The number of rotatable bonds is 7. The van der Waals surface area contributed by atoms with Crippen molar-refractivity contribution < 1.29 is 4.42 Å². The van der Waals surface area contributed by atoms with Gasteiger partial charge in [0, 0.05) is 60.4 Å². The van der Waals surface area contributed by atoms with Crippen molar-refractivity contribution in [1.82, 2.24) is 24.1 Å². The maximum Gasteiger partial charge on any atom is 0.164 e. The van der Waals surface area contributed by atoms with Gasteiger partial charge in [0.2, 0.25) is 0 Å². The van der Waals surface area contributed by atoms with Crippen molar-refractivity contribution in [2.24, 2.45) is 0 Å². The van der Waals surface area contributed by atoms with E-state index in [4.69, 9.17) is 19.4 Å². The average molecular weight is 970 g/mol. The number of benzene rings is 11. The second-order valence-corrected chi connectivity index (χ2v) is 19.9. The van der Waals surface area contributed by atoms with E-state index in [1.54, 1.807) is 0 Å². The normalized spacial score (nSPS) is 12.2. The lowest BCUT2D eigenvalue weighted by molar-refractivity contribution is 0.669. The molecule has 4 heterocycles. The van der Waals surface area contributed by atoms with Crippen LogP contribution in [-0.2, 0) is 6.42 Å². The van der Waals surface area contributed by atoms with Gasteiger partial charge in [0.25, 0.3) is 0 Å². The summed E-state index contributed by atoms with van der Waals surface area (Å²) in [5.74, 6) is 1.82. The molecule has 0 bridgehead atoms. The fraction of sp³-hybridized carbons (Fsp3) is 0.0143. The van der Waals surface area contributed by atoms with E-state index >= 15 is 0 Å². The maximum absolute atomic E-state index is 6.87. The smallest absolute Gasteiger partial charge is 0.164 e. The highest BCUT2D eigenvalue weighted by Crippen LogP contribution is 2.48. The fourth-order valence-corrected chi connectivity index (χ4v) is 12.2. The minimum absolute atomic E-state index is 0.593. The molecular formula is C70H43N5O. The summed E-state index contributed by atoms with van der Waals surface area (Å²) in [6, 6.07) is 88.6. The third-order valence-electron chi connectivity index (χ3n) is 15.6. The van der Waals surface area contributed by atoms with Crippen LogP contribution in [0, 0.1) is 0 Å². The van der Waals surface area contributed by atoms with Crippen LogP contribution in [0.25, 0.3) is 144 Å². The molecule has 0 saturated heterocycles. The zero-order valence-electron chi connectivity index (χ0n) is 41.0. The second-order valence-electron chi connectivity index (χ2n) is 19.9. The Kier molecular flexibility index (Phi) is 9.30. The third-order valence-corrected chi connectivity index (χ3v) is 15.6. The van der Waals surface area contributed by atoms with Gasteiger partial charge in [-0.25, -0.2) is 15.0 Å². The van der Waals surface area contributed by atoms with E-state index in [1.807, 2.05) is 36.4 Å². The first-order valence-electron chi connectivity index (χ1n) is 25.9. The summed E-state index contributed by atoms with van der Waals surface area (Å²) in [6.07, 6.45) is 0.856. The fourth-order valence-electron chi connectivity index (χ4n) is 12.2. The molecule has 6 nitrogen and oxygen atoms in total. The quantitative estimate of drug-likeness (QED) is 0.160. The van der Waals surface area contributed by atoms with E-state index in [9.17, 15) is 0 Å². The van der Waals surface area contributed by atoms with Crippen LogP contribution in [0.2, 0.25) is 0 Å². The van der Waals surface area contributed by atoms with Gasteiger partial charge in [0.05, 0.1) is 22.1 Å². The van der Waals surface area contributed by atoms with Gasteiger partial charge in [0.15, 0.2) is 17.5 Å². The summed E-state index contributed by atoms with van der Waals surface area (Å²) in [4.78, 5) is 15.7. The molecule has 1 aliphatic carbocycles. The van der Waals surface area contributed by atoms with Gasteiger partial charge in [-0.05, 0) is 124 Å². The summed E-state index contributed by atoms with van der Waals surface area (Å²) in [7, 11) is 0. The number of fused-ring (bicyclic) bond motifs is 14. The van der Waals surface area contributed by atoms with Crippen molar-refractivity contribution in [3.05, 3.63) is 260 Å². The summed E-state index contributed by atoms with van der Waals surface area (Å²) < 4.78 is 11.6. The van der Waals surface area contributed by atoms with E-state index in [1.165, 1.54) is 54.8 Å². The molecule has 354 valence electrons. The molecule has 0 radical (unpaired) electrons. The van der Waals surface area contributed by atoms with E-state index < -0.39 is 0 Å². The van der Waals surface area contributed by atoms with Crippen molar-refractivity contribution in [3.63, 3.8) is 0 Å². The Morgan fingerprint density at radius 1 is 0.303 bits per heavy atom. The Balaban J connectivity index is 0.879.